The van der Waals surface area contributed by atoms with Gasteiger partial charge in [-0.3, -0.25) is 15.0 Å². The van der Waals surface area contributed by atoms with Gasteiger partial charge in [-0.15, -0.1) is 0 Å². The zero-order valence-corrected chi connectivity index (χ0v) is 10.9. The largest absolute Gasteiger partial charge is 0.301 e. The molecule has 0 radical (unpaired) electrons. The van der Waals surface area contributed by atoms with Crippen molar-refractivity contribution < 1.29 is 4.79 Å². The average Bonchev–Trinajstić information content (AvgIpc) is 2.24. The molecule has 0 spiro atoms. The van der Waals surface area contributed by atoms with Crippen LogP contribution in [-0.2, 0) is 4.79 Å². The third-order valence-electron chi connectivity index (χ3n) is 2.16. The summed E-state index contributed by atoms with van der Waals surface area (Å²) in [5.41, 5.74) is 1.95. The maximum Gasteiger partial charge on any atom is 0.251 e. The molecule has 0 fully saturated rings. The normalized spacial score (nSPS) is 11.3. The lowest BCUT2D eigenvalue weighted by Crippen LogP contribution is -2.42. The molecule has 0 saturated heterocycles. The van der Waals surface area contributed by atoms with Crippen molar-refractivity contribution in [1.29, 1.82) is 0 Å². The van der Waals surface area contributed by atoms with E-state index in [0.717, 1.165) is 0 Å². The number of nitrogens with zero attached hydrogens (tertiary/aromatic N) is 1. The van der Waals surface area contributed by atoms with Crippen molar-refractivity contribution in [3.8, 4) is 0 Å². The summed E-state index contributed by atoms with van der Waals surface area (Å²) in [7, 11) is 0. The number of H-pyrrole nitrogens is 1. The predicted molar refractivity (Wildman–Crippen MR) is 66.4 cm³/mol. The number of amides is 1. The molecule has 1 aromatic heterocycles. The number of aromatic nitrogens is 2. The van der Waals surface area contributed by atoms with E-state index in [-0.39, 0.29) is 11.5 Å². The van der Waals surface area contributed by atoms with Crippen LogP contribution < -0.4 is 16.8 Å². The lowest BCUT2D eigenvalue weighted by atomic mass is 9.96. The Morgan fingerprint density at radius 1 is 1.65 bits per heavy atom. The summed E-state index contributed by atoms with van der Waals surface area (Å²) in [5.74, 6) is 5.32. The molecule has 0 aliphatic rings. The highest BCUT2D eigenvalue weighted by Crippen LogP contribution is 2.25. The first-order valence-corrected chi connectivity index (χ1v) is 6.05. The maximum absolute atomic E-state index is 11.4. The number of hydrogen-bond acceptors (Lipinski definition) is 5. The molecule has 4 N–H and O–H groups in total. The monoisotopic (exact) mass is 256 g/mol. The highest BCUT2D eigenvalue weighted by atomic mass is 32.2. The fourth-order valence-electron chi connectivity index (χ4n) is 1.13. The summed E-state index contributed by atoms with van der Waals surface area (Å²) >= 11 is 1.32. The van der Waals surface area contributed by atoms with Crippen LogP contribution in [0.25, 0.3) is 0 Å². The number of hydrogen-bond donors (Lipinski definition) is 3. The molecule has 6 nitrogen and oxygen atoms in total. The van der Waals surface area contributed by atoms with Crippen LogP contribution in [0.15, 0.2) is 16.0 Å². The highest BCUT2D eigenvalue weighted by Gasteiger charge is 2.27. The predicted octanol–water partition coefficient (Wildman–Crippen LogP) is 0.187. The molecule has 0 atom stereocenters. The van der Waals surface area contributed by atoms with E-state index in [1.54, 1.807) is 20.8 Å². The average molecular weight is 256 g/mol. The van der Waals surface area contributed by atoms with Crippen molar-refractivity contribution in [3.63, 3.8) is 0 Å². The summed E-state index contributed by atoms with van der Waals surface area (Å²) < 4.78 is 0. The van der Waals surface area contributed by atoms with E-state index in [1.165, 1.54) is 17.8 Å². The van der Waals surface area contributed by atoms with Gasteiger partial charge in [0.1, 0.15) is 0 Å². The van der Waals surface area contributed by atoms with Gasteiger partial charge in [0, 0.05) is 17.5 Å². The second-order valence-electron chi connectivity index (χ2n) is 4.34. The SMILES string of the molecule is Cc1cc(=O)[nH]c(SCC(C)(C)C(=O)NN)n1. The van der Waals surface area contributed by atoms with Gasteiger partial charge in [0.05, 0.1) is 5.41 Å². The number of carbonyl (C=O) groups excluding carboxylic acids is 1. The Morgan fingerprint density at radius 2 is 2.29 bits per heavy atom. The van der Waals surface area contributed by atoms with E-state index < -0.39 is 5.41 Å². The lowest BCUT2D eigenvalue weighted by molar-refractivity contribution is -0.128. The molecule has 94 valence electrons. The zero-order valence-electron chi connectivity index (χ0n) is 10.0. The van der Waals surface area contributed by atoms with E-state index in [0.29, 0.717) is 16.6 Å². The van der Waals surface area contributed by atoms with Crippen LogP contribution in [0.5, 0.6) is 0 Å². The third-order valence-corrected chi connectivity index (χ3v) is 3.50. The van der Waals surface area contributed by atoms with Gasteiger partial charge in [-0.1, -0.05) is 25.6 Å². The van der Waals surface area contributed by atoms with Gasteiger partial charge in [0.15, 0.2) is 5.16 Å². The molecular weight excluding hydrogens is 240 g/mol. The summed E-state index contributed by atoms with van der Waals surface area (Å²) in [6.45, 7) is 5.29. The lowest BCUT2D eigenvalue weighted by Gasteiger charge is -2.21. The number of carbonyl (C=O) groups is 1. The fraction of sp³-hybridized carbons (Fsp3) is 0.500. The molecular formula is C10H16N4O2S. The van der Waals surface area contributed by atoms with E-state index in [4.69, 9.17) is 5.84 Å². The first-order valence-electron chi connectivity index (χ1n) is 5.07. The van der Waals surface area contributed by atoms with Gasteiger partial charge >= 0.3 is 0 Å². The maximum atomic E-state index is 11.4. The molecule has 1 rings (SSSR count). The van der Waals surface area contributed by atoms with Crippen molar-refractivity contribution >= 4 is 17.7 Å². The highest BCUT2D eigenvalue weighted by molar-refractivity contribution is 7.99. The van der Waals surface area contributed by atoms with Crippen LogP contribution in [0.4, 0.5) is 0 Å². The molecule has 7 heteroatoms. The Kier molecular flexibility index (Phi) is 4.30. The van der Waals surface area contributed by atoms with Crippen molar-refractivity contribution in [3.05, 3.63) is 22.1 Å². The number of hydrazine groups is 1. The Hall–Kier alpha value is -1.34. The Morgan fingerprint density at radius 3 is 2.82 bits per heavy atom. The van der Waals surface area contributed by atoms with E-state index in [1.807, 2.05) is 0 Å². The van der Waals surface area contributed by atoms with Gasteiger partial charge in [-0.2, -0.15) is 0 Å². The van der Waals surface area contributed by atoms with Crippen LogP contribution in [0.2, 0.25) is 0 Å². The molecule has 1 aromatic rings. The van der Waals surface area contributed by atoms with E-state index >= 15 is 0 Å². The quantitative estimate of drug-likeness (QED) is 0.235. The van der Waals surface area contributed by atoms with Crippen molar-refractivity contribution in [2.24, 2.45) is 11.3 Å². The van der Waals surface area contributed by atoms with Crippen molar-refractivity contribution in [1.82, 2.24) is 15.4 Å². The van der Waals surface area contributed by atoms with Gasteiger partial charge in [0.2, 0.25) is 5.91 Å². The Balaban J connectivity index is 2.73. The summed E-state index contributed by atoms with van der Waals surface area (Å²) in [6, 6.07) is 1.42. The molecule has 1 amide bonds. The topological polar surface area (TPSA) is 101 Å². The Bertz CT molecular complexity index is 470. The zero-order chi connectivity index (χ0) is 13.1. The number of aromatic amines is 1. The third kappa shape index (κ3) is 3.86. The standard InChI is InChI=1S/C10H16N4O2S/c1-6-4-7(15)13-9(12-6)17-5-10(2,3)8(16)14-11/h4H,5,11H2,1-3H3,(H,14,16)(H,12,13,15). The molecule has 0 bridgehead atoms. The smallest absolute Gasteiger partial charge is 0.251 e. The van der Waals surface area contributed by atoms with E-state index in [2.05, 4.69) is 15.4 Å². The number of aryl methyl sites for hydroxylation is 1. The van der Waals surface area contributed by atoms with Gasteiger partial charge in [-0.05, 0) is 6.92 Å². The van der Waals surface area contributed by atoms with E-state index in [9.17, 15) is 9.59 Å². The van der Waals surface area contributed by atoms with Gasteiger partial charge in [0.25, 0.3) is 5.56 Å². The molecule has 0 aliphatic carbocycles. The molecule has 17 heavy (non-hydrogen) atoms. The number of rotatable bonds is 4. The van der Waals surface area contributed by atoms with Gasteiger partial charge < -0.3 is 4.98 Å². The van der Waals surface area contributed by atoms with Crippen LogP contribution >= 0.6 is 11.8 Å². The van der Waals surface area contributed by atoms with Crippen LogP contribution in [-0.4, -0.2) is 21.6 Å². The molecule has 0 saturated carbocycles. The van der Waals surface area contributed by atoms with Crippen LogP contribution in [0, 0.1) is 12.3 Å². The summed E-state index contributed by atoms with van der Waals surface area (Å²) in [6.07, 6.45) is 0. The number of nitrogens with one attached hydrogen (secondary N) is 2. The minimum Gasteiger partial charge on any atom is -0.301 e. The summed E-state index contributed by atoms with van der Waals surface area (Å²) in [4.78, 5) is 29.4. The number of nitrogens with two attached hydrogens (primary N) is 1. The number of thioether (sulfide) groups is 1. The first kappa shape index (κ1) is 13.7. The van der Waals surface area contributed by atoms with Crippen molar-refractivity contribution in [2.75, 3.05) is 5.75 Å². The second-order valence-corrected chi connectivity index (χ2v) is 5.30. The van der Waals surface area contributed by atoms with Gasteiger partial charge in [-0.25, -0.2) is 10.8 Å². The van der Waals surface area contributed by atoms with Crippen LogP contribution in [0.3, 0.4) is 0 Å². The summed E-state index contributed by atoms with van der Waals surface area (Å²) in [5, 5.41) is 0.507. The Labute approximate surface area is 103 Å². The molecule has 1 heterocycles. The molecule has 0 aromatic carbocycles. The van der Waals surface area contributed by atoms with Crippen LogP contribution in [0.1, 0.15) is 19.5 Å². The fourth-order valence-corrected chi connectivity index (χ4v) is 2.14. The first-order chi connectivity index (χ1) is 7.85. The van der Waals surface area contributed by atoms with Crippen molar-refractivity contribution in [2.45, 2.75) is 25.9 Å². The molecule has 0 unspecified atom stereocenters. The second kappa shape index (κ2) is 5.33. The minimum absolute atomic E-state index is 0.193. The minimum atomic E-state index is -0.623. The molecule has 0 aliphatic heterocycles.